The fourth-order valence-corrected chi connectivity index (χ4v) is 4.92. The molecule has 2 aromatic heterocycles. The van der Waals surface area contributed by atoms with Crippen LogP contribution in [0.1, 0.15) is 40.4 Å². The van der Waals surface area contributed by atoms with Crippen molar-refractivity contribution in [3.63, 3.8) is 0 Å². The smallest absolute Gasteiger partial charge is 0.236 e. The number of thiazole rings is 1. The Bertz CT molecular complexity index is 1040. The summed E-state index contributed by atoms with van der Waals surface area (Å²) in [6.07, 6.45) is 4.80. The molecule has 1 aliphatic carbocycles. The average molecular weight is 444 g/mol. The molecule has 9 heteroatoms. The zero-order valence-electron chi connectivity index (χ0n) is 17.4. The number of thioether (sulfide) groups is 1. The summed E-state index contributed by atoms with van der Waals surface area (Å²) in [6.45, 7) is 4.26. The summed E-state index contributed by atoms with van der Waals surface area (Å²) in [5, 5.41) is 12.6. The quantitative estimate of drug-likeness (QED) is 0.554. The summed E-state index contributed by atoms with van der Waals surface area (Å²) < 4.78 is 7.82. The van der Waals surface area contributed by atoms with E-state index in [-0.39, 0.29) is 11.7 Å². The number of nitrogens with one attached hydrogen (secondary N) is 1. The minimum absolute atomic E-state index is 0.108. The van der Waals surface area contributed by atoms with Gasteiger partial charge in [-0.2, -0.15) is 0 Å². The summed E-state index contributed by atoms with van der Waals surface area (Å²) >= 11 is 2.83. The first kappa shape index (κ1) is 20.9. The molecular weight excluding hydrogens is 418 g/mol. The normalized spacial score (nSPS) is 13.2. The lowest BCUT2D eigenvalue weighted by atomic mass is 9.92. The molecule has 0 atom stereocenters. The number of benzene rings is 1. The summed E-state index contributed by atoms with van der Waals surface area (Å²) in [4.78, 5) is 17.6. The number of amides is 1. The Morgan fingerprint density at radius 3 is 2.80 bits per heavy atom. The van der Waals surface area contributed by atoms with Crippen LogP contribution in [0.15, 0.2) is 23.4 Å². The summed E-state index contributed by atoms with van der Waals surface area (Å²) in [5.74, 6) is 1.72. The molecular formula is C21H25N5O2S2. The average Bonchev–Trinajstić information content (AvgIpc) is 3.25. The Morgan fingerprint density at radius 1 is 1.23 bits per heavy atom. The highest BCUT2D eigenvalue weighted by Crippen LogP contribution is 2.26. The third-order valence-corrected chi connectivity index (χ3v) is 7.23. The maximum Gasteiger partial charge on any atom is 0.236 e. The van der Waals surface area contributed by atoms with Crippen molar-refractivity contribution in [2.75, 3.05) is 11.1 Å². The molecule has 0 bridgehead atoms. The second-order valence-electron chi connectivity index (χ2n) is 7.38. The Kier molecular flexibility index (Phi) is 6.38. The maximum absolute atomic E-state index is 12.2. The van der Waals surface area contributed by atoms with Crippen molar-refractivity contribution in [2.45, 2.75) is 51.3 Å². The molecule has 4 rings (SSSR count). The standard InChI is InChI=1S/C21H25N5O2S2/c1-13-14(2)30-20(22-13)23-19(27)12-29-21-25-24-18(26(21)3)11-28-17-9-8-15-6-4-5-7-16(15)10-17/h8-10H,4-7,11-12H2,1-3H3,(H,22,23,27). The van der Waals surface area contributed by atoms with E-state index < -0.39 is 0 Å². The van der Waals surface area contributed by atoms with E-state index in [1.165, 1.54) is 47.1 Å². The highest BCUT2D eigenvalue weighted by atomic mass is 32.2. The van der Waals surface area contributed by atoms with E-state index in [9.17, 15) is 4.79 Å². The van der Waals surface area contributed by atoms with Crippen molar-refractivity contribution in [1.82, 2.24) is 19.7 Å². The van der Waals surface area contributed by atoms with Crippen LogP contribution in [0.5, 0.6) is 5.75 Å². The van der Waals surface area contributed by atoms with E-state index >= 15 is 0 Å². The van der Waals surface area contributed by atoms with Crippen LogP contribution in [-0.2, 0) is 31.3 Å². The van der Waals surface area contributed by atoms with Crippen LogP contribution < -0.4 is 10.1 Å². The Balaban J connectivity index is 1.30. The number of ether oxygens (including phenoxy) is 1. The number of anilines is 1. The molecule has 0 fully saturated rings. The van der Waals surface area contributed by atoms with Gasteiger partial charge in [-0.15, -0.1) is 21.5 Å². The molecule has 0 saturated heterocycles. The molecule has 0 spiro atoms. The van der Waals surface area contributed by atoms with Crippen molar-refractivity contribution in [3.05, 3.63) is 45.7 Å². The number of aryl methyl sites for hydroxylation is 4. The monoisotopic (exact) mass is 443 g/mol. The van der Waals surface area contributed by atoms with Crippen LogP contribution in [0.2, 0.25) is 0 Å². The SMILES string of the molecule is Cc1nc(NC(=O)CSc2nnc(COc3ccc4c(c3)CCCC4)n2C)sc1C. The molecule has 1 aromatic carbocycles. The molecule has 0 aliphatic heterocycles. The lowest BCUT2D eigenvalue weighted by Crippen LogP contribution is -2.14. The first-order valence-electron chi connectivity index (χ1n) is 9.99. The molecule has 3 aromatic rings. The molecule has 0 saturated carbocycles. The van der Waals surface area contributed by atoms with E-state index in [0.717, 1.165) is 35.0 Å². The van der Waals surface area contributed by atoms with Gasteiger partial charge in [0, 0.05) is 11.9 Å². The highest BCUT2D eigenvalue weighted by Gasteiger charge is 2.14. The van der Waals surface area contributed by atoms with Crippen LogP contribution in [0, 0.1) is 13.8 Å². The van der Waals surface area contributed by atoms with Crippen LogP contribution in [0.3, 0.4) is 0 Å². The van der Waals surface area contributed by atoms with Crippen LogP contribution >= 0.6 is 23.1 Å². The van der Waals surface area contributed by atoms with Gasteiger partial charge in [0.1, 0.15) is 12.4 Å². The van der Waals surface area contributed by atoms with Gasteiger partial charge in [0.15, 0.2) is 16.1 Å². The molecule has 1 aliphatic rings. The van der Waals surface area contributed by atoms with Crippen LogP contribution in [0.25, 0.3) is 0 Å². The summed E-state index contributed by atoms with van der Waals surface area (Å²) in [6, 6.07) is 6.35. The van der Waals surface area contributed by atoms with Gasteiger partial charge in [-0.25, -0.2) is 4.98 Å². The third-order valence-electron chi connectivity index (χ3n) is 5.22. The van der Waals surface area contributed by atoms with Gasteiger partial charge in [-0.3, -0.25) is 4.79 Å². The van der Waals surface area contributed by atoms with Crippen molar-refractivity contribution in [1.29, 1.82) is 0 Å². The van der Waals surface area contributed by atoms with Gasteiger partial charge in [0.25, 0.3) is 0 Å². The number of fused-ring (bicyclic) bond motifs is 1. The van der Waals surface area contributed by atoms with Gasteiger partial charge >= 0.3 is 0 Å². The molecule has 0 radical (unpaired) electrons. The molecule has 2 heterocycles. The van der Waals surface area contributed by atoms with E-state index in [2.05, 4.69) is 32.6 Å². The van der Waals surface area contributed by atoms with E-state index in [0.29, 0.717) is 16.9 Å². The predicted molar refractivity (Wildman–Crippen MR) is 119 cm³/mol. The highest BCUT2D eigenvalue weighted by molar-refractivity contribution is 7.99. The first-order chi connectivity index (χ1) is 14.5. The number of hydrogen-bond donors (Lipinski definition) is 1. The number of rotatable bonds is 7. The fraction of sp³-hybridized carbons (Fsp3) is 0.429. The van der Waals surface area contributed by atoms with Gasteiger partial charge in [0.2, 0.25) is 5.91 Å². The number of carbonyl (C=O) groups is 1. The number of hydrogen-bond acceptors (Lipinski definition) is 7. The van der Waals surface area contributed by atoms with E-state index in [1.807, 2.05) is 31.5 Å². The van der Waals surface area contributed by atoms with Crippen molar-refractivity contribution < 1.29 is 9.53 Å². The zero-order chi connectivity index (χ0) is 21.1. The second kappa shape index (κ2) is 9.18. The molecule has 30 heavy (non-hydrogen) atoms. The zero-order valence-corrected chi connectivity index (χ0v) is 19.0. The van der Waals surface area contributed by atoms with Gasteiger partial charge in [-0.1, -0.05) is 17.8 Å². The Hall–Kier alpha value is -2.39. The van der Waals surface area contributed by atoms with E-state index in [4.69, 9.17) is 4.74 Å². The molecule has 1 N–H and O–H groups in total. The number of carbonyl (C=O) groups excluding carboxylic acids is 1. The lowest BCUT2D eigenvalue weighted by molar-refractivity contribution is -0.113. The van der Waals surface area contributed by atoms with Crippen molar-refractivity contribution in [2.24, 2.45) is 7.05 Å². The Morgan fingerprint density at radius 2 is 2.03 bits per heavy atom. The largest absolute Gasteiger partial charge is 0.486 e. The second-order valence-corrected chi connectivity index (χ2v) is 9.53. The topological polar surface area (TPSA) is 81.9 Å². The van der Waals surface area contributed by atoms with Crippen LogP contribution in [-0.4, -0.2) is 31.4 Å². The van der Waals surface area contributed by atoms with Crippen molar-refractivity contribution in [3.8, 4) is 5.75 Å². The minimum atomic E-state index is -0.108. The van der Waals surface area contributed by atoms with Gasteiger partial charge < -0.3 is 14.6 Å². The number of aromatic nitrogens is 4. The molecule has 7 nitrogen and oxygen atoms in total. The summed E-state index contributed by atoms with van der Waals surface area (Å²) in [5.41, 5.74) is 3.77. The Labute approximate surface area is 184 Å². The first-order valence-corrected chi connectivity index (χ1v) is 11.8. The van der Waals surface area contributed by atoms with Crippen molar-refractivity contribution >= 4 is 34.1 Å². The molecule has 158 valence electrons. The van der Waals surface area contributed by atoms with E-state index in [1.54, 1.807) is 0 Å². The van der Waals surface area contributed by atoms with Gasteiger partial charge in [-0.05, 0) is 62.8 Å². The molecule has 0 unspecified atom stereocenters. The number of nitrogens with zero attached hydrogens (tertiary/aromatic N) is 4. The third kappa shape index (κ3) is 4.84. The summed E-state index contributed by atoms with van der Waals surface area (Å²) in [7, 11) is 1.89. The lowest BCUT2D eigenvalue weighted by Gasteiger charge is -2.16. The van der Waals surface area contributed by atoms with Crippen LogP contribution in [0.4, 0.5) is 5.13 Å². The fourth-order valence-electron chi connectivity index (χ4n) is 3.36. The minimum Gasteiger partial charge on any atom is -0.486 e. The maximum atomic E-state index is 12.2. The predicted octanol–water partition coefficient (Wildman–Crippen LogP) is 4.08. The van der Waals surface area contributed by atoms with Gasteiger partial charge in [0.05, 0.1) is 11.4 Å². The molecule has 1 amide bonds.